The summed E-state index contributed by atoms with van der Waals surface area (Å²) >= 11 is 0. The minimum absolute atomic E-state index is 0.0380. The number of carbonyl (C=O) groups excluding carboxylic acids is 1. The molecule has 9 heteroatoms. The summed E-state index contributed by atoms with van der Waals surface area (Å²) in [6, 6.07) is 0.0380. The van der Waals surface area contributed by atoms with Gasteiger partial charge in [-0.2, -0.15) is 5.10 Å². The maximum Gasteiger partial charge on any atom is 0.345 e. The van der Waals surface area contributed by atoms with Crippen LogP contribution in [-0.4, -0.2) is 49.3 Å². The number of ether oxygens (including phenoxy) is 1. The molecule has 0 radical (unpaired) electrons. The van der Waals surface area contributed by atoms with Gasteiger partial charge in [0.05, 0.1) is 19.4 Å². The highest BCUT2D eigenvalue weighted by Crippen LogP contribution is 2.23. The summed E-state index contributed by atoms with van der Waals surface area (Å²) in [6.45, 7) is 3.84. The number of rotatable bonds is 6. The van der Waals surface area contributed by atoms with Gasteiger partial charge in [0.15, 0.2) is 5.82 Å². The zero-order chi connectivity index (χ0) is 15.5. The number of methoxy groups -OCH3 is 1. The summed E-state index contributed by atoms with van der Waals surface area (Å²) in [4.78, 5) is 11.7. The van der Waals surface area contributed by atoms with E-state index in [2.05, 4.69) is 15.2 Å². The molecule has 0 amide bonds. The van der Waals surface area contributed by atoms with Crippen LogP contribution >= 0.6 is 0 Å². The molecule has 0 fully saturated rings. The van der Waals surface area contributed by atoms with Crippen LogP contribution in [-0.2, 0) is 21.1 Å². The predicted molar refractivity (Wildman–Crippen MR) is 76.4 cm³/mol. The Labute approximate surface area is 118 Å². The van der Waals surface area contributed by atoms with Gasteiger partial charge >= 0.3 is 5.97 Å². The lowest BCUT2D eigenvalue weighted by molar-refractivity contribution is 0.0603. The summed E-state index contributed by atoms with van der Waals surface area (Å²) in [5, 5.41) is 7.12. The van der Waals surface area contributed by atoms with Crippen molar-refractivity contribution in [2.75, 3.05) is 30.2 Å². The molecule has 8 nitrogen and oxygen atoms in total. The highest BCUT2D eigenvalue weighted by molar-refractivity contribution is 7.90. The molecule has 0 aromatic carbocycles. The molecule has 0 aliphatic rings. The standard InChI is InChI=1S/C11H20N4O4S/c1-7(2)13-10-8(11(16)19-3)9(12)15(14-10)5-6-20(4,17)18/h7H,5-6,12H2,1-4H3,(H,13,14). The lowest BCUT2D eigenvalue weighted by Crippen LogP contribution is -2.15. The smallest absolute Gasteiger partial charge is 0.345 e. The van der Waals surface area contributed by atoms with Crippen LogP contribution in [0.1, 0.15) is 24.2 Å². The third kappa shape index (κ3) is 4.12. The number of esters is 1. The number of nitrogen functional groups attached to an aromatic ring is 1. The van der Waals surface area contributed by atoms with E-state index < -0.39 is 15.8 Å². The number of carbonyl (C=O) groups is 1. The Kier molecular flexibility index (Phi) is 4.98. The largest absolute Gasteiger partial charge is 0.465 e. The summed E-state index contributed by atoms with van der Waals surface area (Å²) in [7, 11) is -1.90. The van der Waals surface area contributed by atoms with Gasteiger partial charge in [0.2, 0.25) is 0 Å². The number of nitrogens with one attached hydrogen (secondary N) is 1. The van der Waals surface area contributed by atoms with Gasteiger partial charge in [0, 0.05) is 12.3 Å². The van der Waals surface area contributed by atoms with Crippen LogP contribution in [0.2, 0.25) is 0 Å². The fraction of sp³-hybridized carbons (Fsp3) is 0.636. The molecule has 3 N–H and O–H groups in total. The van der Waals surface area contributed by atoms with Crippen molar-refractivity contribution in [3.8, 4) is 0 Å². The molecule has 0 saturated carbocycles. The average Bonchev–Trinajstić information content (AvgIpc) is 2.60. The molecule has 0 unspecified atom stereocenters. The van der Waals surface area contributed by atoms with Gasteiger partial charge in [-0.1, -0.05) is 0 Å². The summed E-state index contributed by atoms with van der Waals surface area (Å²) in [5.74, 6) is -0.349. The van der Waals surface area contributed by atoms with E-state index in [-0.39, 0.29) is 35.5 Å². The molecule has 0 saturated heterocycles. The topological polar surface area (TPSA) is 116 Å². The molecule has 1 rings (SSSR count). The van der Waals surface area contributed by atoms with Crippen molar-refractivity contribution in [1.82, 2.24) is 9.78 Å². The number of hydrogen-bond donors (Lipinski definition) is 2. The van der Waals surface area contributed by atoms with Crippen LogP contribution in [0.15, 0.2) is 0 Å². The van der Waals surface area contributed by atoms with E-state index in [4.69, 9.17) is 5.73 Å². The van der Waals surface area contributed by atoms with Crippen molar-refractivity contribution < 1.29 is 17.9 Å². The van der Waals surface area contributed by atoms with Gasteiger partial charge in [0.25, 0.3) is 0 Å². The number of nitrogens with two attached hydrogens (primary N) is 1. The Hall–Kier alpha value is -1.77. The maximum atomic E-state index is 11.7. The molecule has 1 aromatic rings. The normalized spacial score (nSPS) is 11.7. The molecule has 114 valence electrons. The van der Waals surface area contributed by atoms with Crippen LogP contribution in [0, 0.1) is 0 Å². The van der Waals surface area contributed by atoms with E-state index in [9.17, 15) is 13.2 Å². The van der Waals surface area contributed by atoms with Crippen LogP contribution in [0.25, 0.3) is 0 Å². The third-order valence-electron chi connectivity index (χ3n) is 2.48. The first-order chi connectivity index (χ1) is 9.15. The molecular formula is C11H20N4O4S. The molecule has 0 aliphatic carbocycles. The molecule has 1 aromatic heterocycles. The SMILES string of the molecule is COC(=O)c1c(NC(C)C)nn(CCS(C)(=O)=O)c1N. The van der Waals surface area contributed by atoms with Crippen molar-refractivity contribution >= 4 is 27.4 Å². The lowest BCUT2D eigenvalue weighted by atomic mass is 10.3. The number of sulfone groups is 1. The summed E-state index contributed by atoms with van der Waals surface area (Å²) in [6.07, 6.45) is 1.13. The van der Waals surface area contributed by atoms with Crippen LogP contribution < -0.4 is 11.1 Å². The van der Waals surface area contributed by atoms with Crippen molar-refractivity contribution in [1.29, 1.82) is 0 Å². The second-order valence-electron chi connectivity index (χ2n) is 4.75. The Bertz CT molecular complexity index is 592. The molecule has 0 bridgehead atoms. The minimum Gasteiger partial charge on any atom is -0.465 e. The van der Waals surface area contributed by atoms with Gasteiger partial charge in [-0.25, -0.2) is 17.9 Å². The summed E-state index contributed by atoms with van der Waals surface area (Å²) < 4.78 is 28.3. The molecule has 0 atom stereocenters. The van der Waals surface area contributed by atoms with Crippen LogP contribution in [0.4, 0.5) is 11.6 Å². The zero-order valence-corrected chi connectivity index (χ0v) is 12.8. The quantitative estimate of drug-likeness (QED) is 0.717. The Balaban J connectivity index is 3.14. The van der Waals surface area contributed by atoms with E-state index in [0.29, 0.717) is 0 Å². The highest BCUT2D eigenvalue weighted by Gasteiger charge is 2.23. The van der Waals surface area contributed by atoms with E-state index in [0.717, 1.165) is 6.26 Å². The van der Waals surface area contributed by atoms with Gasteiger partial charge in [-0.3, -0.25) is 0 Å². The van der Waals surface area contributed by atoms with E-state index in [1.807, 2.05) is 13.8 Å². The predicted octanol–water partition coefficient (Wildman–Crippen LogP) is 0.117. The van der Waals surface area contributed by atoms with Crippen molar-refractivity contribution in [2.45, 2.75) is 26.4 Å². The lowest BCUT2D eigenvalue weighted by Gasteiger charge is -2.07. The number of aryl methyl sites for hydroxylation is 1. The van der Waals surface area contributed by atoms with Gasteiger partial charge in [-0.05, 0) is 13.8 Å². The molecule has 0 aliphatic heterocycles. The van der Waals surface area contributed by atoms with Crippen molar-refractivity contribution in [3.63, 3.8) is 0 Å². The molecule has 1 heterocycles. The Morgan fingerprint density at radius 2 is 2.10 bits per heavy atom. The average molecular weight is 304 g/mol. The van der Waals surface area contributed by atoms with Crippen LogP contribution in [0.5, 0.6) is 0 Å². The first kappa shape index (κ1) is 16.3. The minimum atomic E-state index is -3.14. The van der Waals surface area contributed by atoms with E-state index in [1.54, 1.807) is 0 Å². The second kappa shape index (κ2) is 6.12. The molecular weight excluding hydrogens is 284 g/mol. The number of anilines is 2. The highest BCUT2D eigenvalue weighted by atomic mass is 32.2. The van der Waals surface area contributed by atoms with Crippen LogP contribution in [0.3, 0.4) is 0 Å². The second-order valence-corrected chi connectivity index (χ2v) is 7.01. The number of hydrogen-bond acceptors (Lipinski definition) is 7. The van der Waals surface area contributed by atoms with Crippen molar-refractivity contribution in [3.05, 3.63) is 5.56 Å². The Morgan fingerprint density at radius 1 is 1.50 bits per heavy atom. The fourth-order valence-electron chi connectivity index (χ4n) is 1.58. The monoisotopic (exact) mass is 304 g/mol. The first-order valence-electron chi connectivity index (χ1n) is 6.04. The first-order valence-corrected chi connectivity index (χ1v) is 8.10. The number of nitrogens with zero attached hydrogens (tertiary/aromatic N) is 2. The van der Waals surface area contributed by atoms with Gasteiger partial charge < -0.3 is 15.8 Å². The van der Waals surface area contributed by atoms with Gasteiger partial charge in [-0.15, -0.1) is 0 Å². The van der Waals surface area contributed by atoms with E-state index in [1.165, 1.54) is 11.8 Å². The van der Waals surface area contributed by atoms with E-state index >= 15 is 0 Å². The Morgan fingerprint density at radius 3 is 2.55 bits per heavy atom. The molecule has 0 spiro atoms. The fourth-order valence-corrected chi connectivity index (χ4v) is 2.08. The maximum absolute atomic E-state index is 11.7. The van der Waals surface area contributed by atoms with Gasteiger partial charge in [0.1, 0.15) is 21.2 Å². The third-order valence-corrected chi connectivity index (χ3v) is 3.40. The number of aromatic nitrogens is 2. The summed E-state index contributed by atoms with van der Waals surface area (Å²) in [5.41, 5.74) is 5.97. The van der Waals surface area contributed by atoms with Crippen molar-refractivity contribution in [2.24, 2.45) is 0 Å². The molecule has 20 heavy (non-hydrogen) atoms. The zero-order valence-electron chi connectivity index (χ0n) is 12.0.